The van der Waals surface area contributed by atoms with Crippen LogP contribution in [0, 0.1) is 5.82 Å². The van der Waals surface area contributed by atoms with Crippen LogP contribution in [0.2, 0.25) is 0 Å². The predicted octanol–water partition coefficient (Wildman–Crippen LogP) is 2.51. The van der Waals surface area contributed by atoms with Gasteiger partial charge in [0.15, 0.2) is 11.5 Å². The van der Waals surface area contributed by atoms with Crippen LogP contribution >= 0.6 is 0 Å². The highest BCUT2D eigenvalue weighted by molar-refractivity contribution is 5.38. The van der Waals surface area contributed by atoms with Crippen molar-refractivity contribution in [1.29, 1.82) is 0 Å². The number of aromatic nitrogens is 1. The van der Waals surface area contributed by atoms with E-state index in [-0.39, 0.29) is 12.4 Å². The van der Waals surface area contributed by atoms with Gasteiger partial charge < -0.3 is 9.84 Å². The number of aromatic hydroxyl groups is 1. The number of phenols is 1. The number of halogens is 1. The summed E-state index contributed by atoms with van der Waals surface area (Å²) in [5, 5.41) is 9.43. The molecule has 0 aliphatic rings. The van der Waals surface area contributed by atoms with Crippen LogP contribution in [0.1, 0.15) is 5.56 Å². The van der Waals surface area contributed by atoms with E-state index in [0.29, 0.717) is 11.3 Å². The fourth-order valence-corrected chi connectivity index (χ4v) is 1.28. The van der Waals surface area contributed by atoms with Crippen LogP contribution in [0.25, 0.3) is 0 Å². The average molecular weight is 219 g/mol. The number of pyridine rings is 1. The Morgan fingerprint density at radius 3 is 2.81 bits per heavy atom. The molecule has 0 aliphatic heterocycles. The van der Waals surface area contributed by atoms with Crippen molar-refractivity contribution in [3.05, 3.63) is 54.1 Å². The third-order valence-electron chi connectivity index (χ3n) is 2.02. The molecule has 1 heterocycles. The lowest BCUT2D eigenvalue weighted by Gasteiger charge is -2.07. The zero-order valence-electron chi connectivity index (χ0n) is 8.43. The van der Waals surface area contributed by atoms with E-state index in [1.165, 1.54) is 18.3 Å². The second-order valence-electron chi connectivity index (χ2n) is 3.27. The molecule has 0 aliphatic carbocycles. The standard InChI is InChI=1S/C12H10FNO2/c13-10-5-9(6-14-7-10)8-16-12-4-2-1-3-11(12)15/h1-7,15H,8H2. The van der Waals surface area contributed by atoms with E-state index < -0.39 is 5.82 Å². The molecule has 3 nitrogen and oxygen atoms in total. The van der Waals surface area contributed by atoms with Gasteiger partial charge in [-0.05, 0) is 18.2 Å². The molecule has 0 saturated carbocycles. The van der Waals surface area contributed by atoms with E-state index in [2.05, 4.69) is 4.98 Å². The Morgan fingerprint density at radius 2 is 2.06 bits per heavy atom. The molecule has 0 spiro atoms. The van der Waals surface area contributed by atoms with Crippen LogP contribution in [-0.2, 0) is 6.61 Å². The first kappa shape index (κ1) is 10.4. The minimum absolute atomic E-state index is 0.0619. The first-order chi connectivity index (χ1) is 7.75. The second kappa shape index (κ2) is 4.61. The molecule has 0 atom stereocenters. The number of para-hydroxylation sites is 2. The summed E-state index contributed by atoms with van der Waals surface area (Å²) in [5.74, 6) is 0.0250. The van der Waals surface area contributed by atoms with Crippen LogP contribution in [0.3, 0.4) is 0 Å². The smallest absolute Gasteiger partial charge is 0.161 e. The summed E-state index contributed by atoms with van der Waals surface area (Å²) in [5.41, 5.74) is 0.614. The molecule has 1 aromatic carbocycles. The van der Waals surface area contributed by atoms with E-state index in [0.717, 1.165) is 6.20 Å². The average Bonchev–Trinajstić information content (AvgIpc) is 2.28. The predicted molar refractivity (Wildman–Crippen MR) is 56.6 cm³/mol. The summed E-state index contributed by atoms with van der Waals surface area (Å²) in [6.45, 7) is 0.169. The molecule has 0 saturated heterocycles. The molecule has 0 radical (unpaired) electrons. The lowest BCUT2D eigenvalue weighted by molar-refractivity contribution is 0.288. The van der Waals surface area contributed by atoms with Crippen LogP contribution in [0.15, 0.2) is 42.7 Å². The molecule has 2 aromatic rings. The zero-order valence-corrected chi connectivity index (χ0v) is 8.43. The van der Waals surface area contributed by atoms with Gasteiger partial charge in [-0.3, -0.25) is 4.98 Å². The zero-order chi connectivity index (χ0) is 11.4. The minimum atomic E-state index is -0.404. The Kier molecular flexibility index (Phi) is 3.00. The summed E-state index contributed by atoms with van der Waals surface area (Å²) in [4.78, 5) is 3.70. The first-order valence-electron chi connectivity index (χ1n) is 4.76. The fraction of sp³-hybridized carbons (Fsp3) is 0.0833. The number of ether oxygens (including phenoxy) is 1. The maximum Gasteiger partial charge on any atom is 0.161 e. The maximum atomic E-state index is 12.8. The van der Waals surface area contributed by atoms with E-state index in [1.54, 1.807) is 18.2 Å². The van der Waals surface area contributed by atoms with Crippen molar-refractivity contribution in [1.82, 2.24) is 4.98 Å². The van der Waals surface area contributed by atoms with Gasteiger partial charge in [0.05, 0.1) is 6.20 Å². The number of hydrogen-bond donors (Lipinski definition) is 1. The third kappa shape index (κ3) is 2.48. The summed E-state index contributed by atoms with van der Waals surface area (Å²) in [6.07, 6.45) is 2.65. The molecule has 1 aromatic heterocycles. The molecular formula is C12H10FNO2. The van der Waals surface area contributed by atoms with E-state index in [4.69, 9.17) is 4.74 Å². The summed E-state index contributed by atoms with van der Waals surface area (Å²) < 4.78 is 18.1. The Bertz CT molecular complexity index is 488. The monoisotopic (exact) mass is 219 g/mol. The van der Waals surface area contributed by atoms with E-state index in [1.807, 2.05) is 0 Å². The summed E-state index contributed by atoms with van der Waals surface area (Å²) in [7, 11) is 0. The van der Waals surface area contributed by atoms with Crippen molar-refractivity contribution in [2.45, 2.75) is 6.61 Å². The number of benzene rings is 1. The lowest BCUT2D eigenvalue weighted by atomic mass is 10.3. The molecule has 0 unspecified atom stereocenters. The molecule has 0 amide bonds. The highest BCUT2D eigenvalue weighted by atomic mass is 19.1. The highest BCUT2D eigenvalue weighted by Crippen LogP contribution is 2.25. The molecule has 2 rings (SSSR count). The van der Waals surface area contributed by atoms with Gasteiger partial charge in [-0.25, -0.2) is 4.39 Å². The highest BCUT2D eigenvalue weighted by Gasteiger charge is 2.01. The lowest BCUT2D eigenvalue weighted by Crippen LogP contribution is -1.96. The van der Waals surface area contributed by atoms with Gasteiger partial charge >= 0.3 is 0 Å². The van der Waals surface area contributed by atoms with Gasteiger partial charge in [0.25, 0.3) is 0 Å². The van der Waals surface area contributed by atoms with Gasteiger partial charge in [-0.15, -0.1) is 0 Å². The number of rotatable bonds is 3. The van der Waals surface area contributed by atoms with Gasteiger partial charge in [0, 0.05) is 11.8 Å². The maximum absolute atomic E-state index is 12.8. The molecule has 1 N–H and O–H groups in total. The van der Waals surface area contributed by atoms with Crippen molar-refractivity contribution in [2.24, 2.45) is 0 Å². The van der Waals surface area contributed by atoms with E-state index >= 15 is 0 Å². The van der Waals surface area contributed by atoms with Crippen molar-refractivity contribution in [2.75, 3.05) is 0 Å². The Hall–Kier alpha value is -2.10. The van der Waals surface area contributed by atoms with Gasteiger partial charge in [0.2, 0.25) is 0 Å². The molecule has 82 valence electrons. The SMILES string of the molecule is Oc1ccccc1OCc1cncc(F)c1. The largest absolute Gasteiger partial charge is 0.504 e. The van der Waals surface area contributed by atoms with Gasteiger partial charge in [0.1, 0.15) is 12.4 Å². The third-order valence-corrected chi connectivity index (χ3v) is 2.02. The van der Waals surface area contributed by atoms with Crippen LogP contribution in [0.4, 0.5) is 4.39 Å². The molecule has 16 heavy (non-hydrogen) atoms. The van der Waals surface area contributed by atoms with Crippen molar-refractivity contribution in [3.63, 3.8) is 0 Å². The number of phenolic OH excluding ortho intramolecular Hbond substituents is 1. The van der Waals surface area contributed by atoms with Gasteiger partial charge in [-0.1, -0.05) is 12.1 Å². The molecule has 4 heteroatoms. The van der Waals surface area contributed by atoms with Crippen molar-refractivity contribution < 1.29 is 14.2 Å². The molecule has 0 bridgehead atoms. The van der Waals surface area contributed by atoms with Crippen LogP contribution in [-0.4, -0.2) is 10.1 Å². The summed E-state index contributed by atoms with van der Waals surface area (Å²) >= 11 is 0. The van der Waals surface area contributed by atoms with Gasteiger partial charge in [-0.2, -0.15) is 0 Å². The van der Waals surface area contributed by atoms with E-state index in [9.17, 15) is 9.50 Å². The van der Waals surface area contributed by atoms with Crippen LogP contribution in [0.5, 0.6) is 11.5 Å². The summed E-state index contributed by atoms with van der Waals surface area (Å²) in [6, 6.07) is 7.96. The number of nitrogens with zero attached hydrogens (tertiary/aromatic N) is 1. The first-order valence-corrected chi connectivity index (χ1v) is 4.76. The molecule has 0 fully saturated rings. The minimum Gasteiger partial charge on any atom is -0.504 e. The fourth-order valence-electron chi connectivity index (χ4n) is 1.28. The van der Waals surface area contributed by atoms with Crippen LogP contribution < -0.4 is 4.74 Å². The Balaban J connectivity index is 2.05. The van der Waals surface area contributed by atoms with Crippen molar-refractivity contribution >= 4 is 0 Å². The Morgan fingerprint density at radius 1 is 1.25 bits per heavy atom. The number of hydrogen-bond acceptors (Lipinski definition) is 3. The topological polar surface area (TPSA) is 42.4 Å². The normalized spacial score (nSPS) is 10.1. The second-order valence-corrected chi connectivity index (χ2v) is 3.27. The Labute approximate surface area is 92.1 Å². The quantitative estimate of drug-likeness (QED) is 0.862. The van der Waals surface area contributed by atoms with Crippen molar-refractivity contribution in [3.8, 4) is 11.5 Å². The molecular weight excluding hydrogens is 209 g/mol.